The molecule has 8 heteroatoms. The second-order valence-corrected chi connectivity index (χ2v) is 11.2. The van der Waals surface area contributed by atoms with Crippen LogP contribution in [0.15, 0.2) is 29.2 Å². The van der Waals surface area contributed by atoms with Gasteiger partial charge in [-0.05, 0) is 57.4 Å². The van der Waals surface area contributed by atoms with E-state index in [1.807, 2.05) is 26.0 Å². The van der Waals surface area contributed by atoms with E-state index in [0.29, 0.717) is 17.7 Å². The first-order valence-corrected chi connectivity index (χ1v) is 13.5. The molecule has 0 aliphatic carbocycles. The van der Waals surface area contributed by atoms with Gasteiger partial charge in [0.1, 0.15) is 5.54 Å². The highest BCUT2D eigenvalue weighted by atomic mass is 32.2. The number of carbonyl (C=O) groups is 1. The van der Waals surface area contributed by atoms with E-state index in [-0.39, 0.29) is 12.1 Å². The Bertz CT molecular complexity index is 818. The summed E-state index contributed by atoms with van der Waals surface area (Å²) < 4.78 is 28.6. The highest BCUT2D eigenvalue weighted by molar-refractivity contribution is 7.90. The molecule has 32 heavy (non-hydrogen) atoms. The zero-order chi connectivity index (χ0) is 23.8. The molecule has 1 aliphatic heterocycles. The number of sulfone groups is 1. The molecule has 1 aromatic rings. The van der Waals surface area contributed by atoms with Crippen LogP contribution in [-0.4, -0.2) is 74.8 Å². The van der Waals surface area contributed by atoms with Gasteiger partial charge in [-0.15, -0.1) is 0 Å². The smallest absolute Gasteiger partial charge is 0.326 e. The number of hydrogen-bond donors (Lipinski definition) is 1. The highest BCUT2D eigenvalue weighted by Crippen LogP contribution is 2.21. The normalized spacial score (nSPS) is 17.9. The first-order chi connectivity index (χ1) is 15.0. The van der Waals surface area contributed by atoms with Crippen molar-refractivity contribution in [1.82, 2.24) is 9.80 Å². The summed E-state index contributed by atoms with van der Waals surface area (Å²) in [7, 11) is -3.16. The van der Waals surface area contributed by atoms with E-state index in [1.54, 1.807) is 12.1 Å². The minimum absolute atomic E-state index is 0.166. The molecule has 0 amide bonds. The van der Waals surface area contributed by atoms with Gasteiger partial charge in [0.25, 0.3) is 0 Å². The number of nitrogens with zero attached hydrogens (tertiary/aromatic N) is 2. The number of rotatable bonds is 12. The summed E-state index contributed by atoms with van der Waals surface area (Å²) in [6.45, 7) is 13.1. The minimum Gasteiger partial charge on any atom is -0.462 e. The van der Waals surface area contributed by atoms with E-state index >= 15 is 0 Å². The van der Waals surface area contributed by atoms with E-state index in [0.717, 1.165) is 64.1 Å². The van der Waals surface area contributed by atoms with Crippen LogP contribution in [0.4, 0.5) is 0 Å². The molecule has 7 nitrogen and oxygen atoms in total. The zero-order valence-electron chi connectivity index (χ0n) is 19.9. The van der Waals surface area contributed by atoms with Crippen LogP contribution < -0.4 is 5.73 Å². The molecule has 181 valence electrons. The number of unbranched alkanes of at least 4 members (excludes halogenated alkanes) is 1. The third-order valence-electron chi connectivity index (χ3n) is 5.94. The van der Waals surface area contributed by atoms with Crippen molar-refractivity contribution in [3.8, 4) is 0 Å². The summed E-state index contributed by atoms with van der Waals surface area (Å²) in [5, 5.41) is 0. The lowest BCUT2D eigenvalue weighted by atomic mass is 9.88. The van der Waals surface area contributed by atoms with Crippen LogP contribution in [-0.2, 0) is 25.9 Å². The molecule has 1 atom stereocenters. The van der Waals surface area contributed by atoms with Gasteiger partial charge in [0.05, 0.1) is 11.0 Å². The fourth-order valence-electron chi connectivity index (χ4n) is 3.99. The van der Waals surface area contributed by atoms with Gasteiger partial charge >= 0.3 is 5.97 Å². The molecule has 2 rings (SSSR count). The summed E-state index contributed by atoms with van der Waals surface area (Å²) in [6.07, 6.45) is 4.71. The molecule has 1 saturated heterocycles. The second kappa shape index (κ2) is 12.1. The van der Waals surface area contributed by atoms with Crippen LogP contribution >= 0.6 is 0 Å². The molecule has 0 bridgehead atoms. The van der Waals surface area contributed by atoms with Gasteiger partial charge in [0.2, 0.25) is 0 Å². The van der Waals surface area contributed by atoms with Gasteiger partial charge in [0.15, 0.2) is 9.84 Å². The Kier molecular flexibility index (Phi) is 10.1. The standard InChI is InChI=1S/C24H40N3O4S/c1-5-6-12-24(25,23(28)31-20(2)3)13-7-14-26-15-17-27(18-16-26)19-21-8-10-22(11-9-21)32(4,29)30/h8-11,20H,1,5-7,12-19,25H2,2-4H3. The van der Waals surface area contributed by atoms with Crippen molar-refractivity contribution in [2.24, 2.45) is 5.73 Å². The van der Waals surface area contributed by atoms with E-state index in [4.69, 9.17) is 10.5 Å². The third kappa shape index (κ3) is 8.46. The van der Waals surface area contributed by atoms with Crippen LogP contribution in [0.2, 0.25) is 0 Å². The molecule has 1 fully saturated rings. The molecule has 1 aromatic carbocycles. The molecular weight excluding hydrogens is 426 g/mol. The van der Waals surface area contributed by atoms with Gasteiger partial charge in [-0.2, -0.15) is 0 Å². The number of piperazine rings is 1. The predicted octanol–water partition coefficient (Wildman–Crippen LogP) is 2.64. The molecule has 1 heterocycles. The Balaban J connectivity index is 1.78. The maximum absolute atomic E-state index is 12.5. The average Bonchev–Trinajstić information content (AvgIpc) is 2.73. The Hall–Kier alpha value is -1.48. The zero-order valence-corrected chi connectivity index (χ0v) is 20.7. The highest BCUT2D eigenvalue weighted by Gasteiger charge is 2.35. The fourth-order valence-corrected chi connectivity index (χ4v) is 4.62. The number of carbonyl (C=O) groups excluding carboxylic acids is 1. The molecule has 0 saturated carbocycles. The molecule has 1 radical (unpaired) electrons. The summed E-state index contributed by atoms with van der Waals surface area (Å²) in [5.41, 5.74) is 6.66. The van der Waals surface area contributed by atoms with Crippen molar-refractivity contribution in [3.63, 3.8) is 0 Å². The van der Waals surface area contributed by atoms with Crippen LogP contribution in [0.1, 0.15) is 51.5 Å². The lowest BCUT2D eigenvalue weighted by Crippen LogP contribution is -2.51. The SMILES string of the molecule is [CH2]CCCC(N)(CCCN1CCN(Cc2ccc(S(C)(=O)=O)cc2)CC1)C(=O)OC(C)C. The van der Waals surface area contributed by atoms with E-state index < -0.39 is 15.4 Å². The lowest BCUT2D eigenvalue weighted by molar-refractivity contribution is -0.154. The molecule has 2 N–H and O–H groups in total. The summed E-state index contributed by atoms with van der Waals surface area (Å²) in [5.74, 6) is -0.298. The Labute approximate surface area is 194 Å². The minimum atomic E-state index is -3.16. The Morgan fingerprint density at radius 3 is 2.19 bits per heavy atom. The van der Waals surface area contributed by atoms with Crippen LogP contribution in [0.5, 0.6) is 0 Å². The first kappa shape index (κ1) is 26.8. The van der Waals surface area contributed by atoms with Crippen molar-refractivity contribution in [3.05, 3.63) is 36.8 Å². The molecule has 0 aromatic heterocycles. The summed E-state index contributed by atoms with van der Waals surface area (Å²) in [6, 6.07) is 7.15. The maximum Gasteiger partial charge on any atom is 0.326 e. The predicted molar refractivity (Wildman–Crippen MR) is 128 cm³/mol. The summed E-state index contributed by atoms with van der Waals surface area (Å²) in [4.78, 5) is 17.7. The van der Waals surface area contributed by atoms with E-state index in [9.17, 15) is 13.2 Å². The lowest BCUT2D eigenvalue weighted by Gasteiger charge is -2.35. The number of nitrogens with two attached hydrogens (primary N) is 1. The number of ether oxygens (including phenoxy) is 1. The van der Waals surface area contributed by atoms with Gasteiger partial charge in [-0.3, -0.25) is 9.69 Å². The van der Waals surface area contributed by atoms with Crippen molar-refractivity contribution in [2.45, 2.75) is 69.0 Å². The number of esters is 1. The topological polar surface area (TPSA) is 92.9 Å². The van der Waals surface area contributed by atoms with Gasteiger partial charge in [0, 0.05) is 39.0 Å². The average molecular weight is 467 g/mol. The van der Waals surface area contributed by atoms with Crippen LogP contribution in [0, 0.1) is 6.92 Å². The Morgan fingerprint density at radius 1 is 1.09 bits per heavy atom. The van der Waals surface area contributed by atoms with Crippen molar-refractivity contribution in [1.29, 1.82) is 0 Å². The van der Waals surface area contributed by atoms with E-state index in [1.165, 1.54) is 6.26 Å². The third-order valence-corrected chi connectivity index (χ3v) is 7.07. The van der Waals surface area contributed by atoms with Gasteiger partial charge in [-0.25, -0.2) is 8.42 Å². The fraction of sp³-hybridized carbons (Fsp3) is 0.667. The number of hydrogen-bond acceptors (Lipinski definition) is 7. The monoisotopic (exact) mass is 466 g/mol. The molecular formula is C24H40N3O4S. The second-order valence-electron chi connectivity index (χ2n) is 9.20. The molecule has 0 spiro atoms. The van der Waals surface area contributed by atoms with Crippen LogP contribution in [0.25, 0.3) is 0 Å². The Morgan fingerprint density at radius 2 is 1.66 bits per heavy atom. The van der Waals surface area contributed by atoms with Crippen molar-refractivity contribution < 1.29 is 17.9 Å². The van der Waals surface area contributed by atoms with E-state index in [2.05, 4.69) is 16.7 Å². The van der Waals surface area contributed by atoms with Gasteiger partial charge in [-0.1, -0.05) is 31.9 Å². The van der Waals surface area contributed by atoms with Crippen LogP contribution in [0.3, 0.4) is 0 Å². The molecule has 1 aliphatic rings. The maximum atomic E-state index is 12.5. The van der Waals surface area contributed by atoms with Crippen molar-refractivity contribution >= 4 is 15.8 Å². The number of benzene rings is 1. The first-order valence-electron chi connectivity index (χ1n) is 11.6. The largest absolute Gasteiger partial charge is 0.462 e. The van der Waals surface area contributed by atoms with Crippen molar-refractivity contribution in [2.75, 3.05) is 39.0 Å². The summed E-state index contributed by atoms with van der Waals surface area (Å²) >= 11 is 0. The van der Waals surface area contributed by atoms with Gasteiger partial charge < -0.3 is 15.4 Å². The molecule has 1 unspecified atom stereocenters. The quantitative estimate of drug-likeness (QED) is 0.473.